The summed E-state index contributed by atoms with van der Waals surface area (Å²) in [6, 6.07) is 10.2. The number of benzene rings is 1. The second kappa shape index (κ2) is 10.1. The number of amides is 1. The number of nitrogens with one attached hydrogen (secondary N) is 1. The molecule has 2 aromatic rings. The summed E-state index contributed by atoms with van der Waals surface area (Å²) in [7, 11) is 0. The van der Waals surface area contributed by atoms with Crippen molar-refractivity contribution in [3.63, 3.8) is 0 Å². The number of carbonyl (C=O) groups is 1. The van der Waals surface area contributed by atoms with Crippen molar-refractivity contribution in [2.75, 3.05) is 13.1 Å². The first-order chi connectivity index (χ1) is 11.3. The Morgan fingerprint density at radius 1 is 1.13 bits per heavy atom. The van der Waals surface area contributed by atoms with E-state index in [4.69, 9.17) is 5.73 Å². The molecule has 1 amide bonds. The van der Waals surface area contributed by atoms with Crippen molar-refractivity contribution in [2.45, 2.75) is 38.5 Å². The van der Waals surface area contributed by atoms with Crippen molar-refractivity contribution in [2.24, 2.45) is 5.73 Å². The minimum atomic E-state index is 0.135. The number of thiazole rings is 1. The number of nitrogens with two attached hydrogens (primary N) is 1. The lowest BCUT2D eigenvalue weighted by Crippen LogP contribution is -2.25. The molecule has 23 heavy (non-hydrogen) atoms. The van der Waals surface area contributed by atoms with Gasteiger partial charge in [0.25, 0.3) is 0 Å². The molecule has 0 saturated carbocycles. The zero-order valence-electron chi connectivity index (χ0n) is 13.5. The molecule has 0 bridgehead atoms. The Bertz CT molecular complexity index is 583. The Morgan fingerprint density at radius 2 is 1.91 bits per heavy atom. The van der Waals surface area contributed by atoms with Gasteiger partial charge < -0.3 is 11.1 Å². The molecule has 0 atom stereocenters. The van der Waals surface area contributed by atoms with Crippen LogP contribution < -0.4 is 11.1 Å². The van der Waals surface area contributed by atoms with Gasteiger partial charge in [0, 0.05) is 30.3 Å². The normalized spacial score (nSPS) is 10.7. The highest BCUT2D eigenvalue weighted by atomic mass is 32.1. The standard InChI is InChI=1S/C18H25N3OS/c19-12-7-2-1-6-10-17(22)20-13-11-16-14-23-18(21-16)15-8-4-3-5-9-15/h3-5,8-9,14H,1-2,6-7,10-13,19H2,(H,20,22). The highest BCUT2D eigenvalue weighted by Gasteiger charge is 2.05. The van der Waals surface area contributed by atoms with Gasteiger partial charge in [-0.25, -0.2) is 4.98 Å². The van der Waals surface area contributed by atoms with E-state index in [1.54, 1.807) is 11.3 Å². The van der Waals surface area contributed by atoms with Crippen LogP contribution in [0.1, 0.15) is 37.8 Å². The van der Waals surface area contributed by atoms with E-state index in [1.165, 1.54) is 0 Å². The second-order valence-corrected chi connectivity index (χ2v) is 6.42. The predicted molar refractivity (Wildman–Crippen MR) is 96.4 cm³/mol. The summed E-state index contributed by atoms with van der Waals surface area (Å²) in [6.07, 6.45) is 5.58. The summed E-state index contributed by atoms with van der Waals surface area (Å²) in [6.45, 7) is 1.39. The monoisotopic (exact) mass is 331 g/mol. The van der Waals surface area contributed by atoms with Crippen LogP contribution in [0.5, 0.6) is 0 Å². The number of nitrogens with zero attached hydrogens (tertiary/aromatic N) is 1. The molecular formula is C18H25N3OS. The lowest BCUT2D eigenvalue weighted by Gasteiger charge is -2.04. The van der Waals surface area contributed by atoms with E-state index in [0.29, 0.717) is 13.0 Å². The average molecular weight is 331 g/mol. The van der Waals surface area contributed by atoms with Crippen LogP contribution in [0, 0.1) is 0 Å². The van der Waals surface area contributed by atoms with Gasteiger partial charge in [0.1, 0.15) is 5.01 Å². The third-order valence-corrected chi connectivity index (χ3v) is 4.57. The summed E-state index contributed by atoms with van der Waals surface area (Å²) < 4.78 is 0. The zero-order chi connectivity index (χ0) is 16.3. The Hall–Kier alpha value is -1.72. The Morgan fingerprint density at radius 3 is 2.70 bits per heavy atom. The van der Waals surface area contributed by atoms with Crippen molar-refractivity contribution >= 4 is 17.2 Å². The molecule has 0 fully saturated rings. The molecule has 3 N–H and O–H groups in total. The smallest absolute Gasteiger partial charge is 0.220 e. The first-order valence-corrected chi connectivity index (χ1v) is 9.14. The average Bonchev–Trinajstić information content (AvgIpc) is 3.04. The first-order valence-electron chi connectivity index (χ1n) is 8.26. The van der Waals surface area contributed by atoms with Crippen molar-refractivity contribution in [1.29, 1.82) is 0 Å². The lowest BCUT2D eigenvalue weighted by molar-refractivity contribution is -0.121. The number of unbranched alkanes of at least 4 members (excludes halogenated alkanes) is 3. The maximum Gasteiger partial charge on any atom is 0.220 e. The molecule has 0 spiro atoms. The molecule has 1 aromatic carbocycles. The van der Waals surface area contributed by atoms with Crippen LogP contribution in [0.4, 0.5) is 0 Å². The molecular weight excluding hydrogens is 306 g/mol. The number of carbonyl (C=O) groups excluding carboxylic acids is 1. The number of hydrogen-bond donors (Lipinski definition) is 2. The van der Waals surface area contributed by atoms with Gasteiger partial charge in [0.15, 0.2) is 0 Å². The first kappa shape index (κ1) is 17.6. The van der Waals surface area contributed by atoms with Crippen LogP contribution >= 0.6 is 11.3 Å². The van der Waals surface area contributed by atoms with Crippen molar-refractivity contribution in [3.8, 4) is 10.6 Å². The van der Waals surface area contributed by atoms with Crippen molar-refractivity contribution in [1.82, 2.24) is 10.3 Å². The second-order valence-electron chi connectivity index (χ2n) is 5.56. The summed E-state index contributed by atoms with van der Waals surface area (Å²) in [5.41, 5.74) is 7.63. The molecule has 0 aliphatic rings. The molecule has 4 nitrogen and oxygen atoms in total. The van der Waals surface area contributed by atoms with Crippen LogP contribution in [0.2, 0.25) is 0 Å². The minimum Gasteiger partial charge on any atom is -0.356 e. The quantitative estimate of drug-likeness (QED) is 0.656. The molecule has 2 rings (SSSR count). The minimum absolute atomic E-state index is 0.135. The van der Waals surface area contributed by atoms with Crippen molar-refractivity contribution < 1.29 is 4.79 Å². The third-order valence-electron chi connectivity index (χ3n) is 3.63. The molecule has 1 aromatic heterocycles. The van der Waals surface area contributed by atoms with Gasteiger partial charge in [0.05, 0.1) is 5.69 Å². The molecule has 0 aliphatic heterocycles. The van der Waals surface area contributed by atoms with Crippen LogP contribution in [-0.4, -0.2) is 24.0 Å². The summed E-state index contributed by atoms with van der Waals surface area (Å²) in [5, 5.41) is 6.08. The summed E-state index contributed by atoms with van der Waals surface area (Å²) in [4.78, 5) is 16.4. The van der Waals surface area contributed by atoms with Gasteiger partial charge in [0.2, 0.25) is 5.91 Å². The maximum atomic E-state index is 11.7. The van der Waals surface area contributed by atoms with Crippen molar-refractivity contribution in [3.05, 3.63) is 41.4 Å². The molecule has 1 heterocycles. The van der Waals surface area contributed by atoms with E-state index in [1.807, 2.05) is 18.2 Å². The highest BCUT2D eigenvalue weighted by Crippen LogP contribution is 2.23. The molecule has 0 radical (unpaired) electrons. The Balaban J connectivity index is 1.65. The van der Waals surface area contributed by atoms with Gasteiger partial charge >= 0.3 is 0 Å². The summed E-state index contributed by atoms with van der Waals surface area (Å²) >= 11 is 1.65. The van der Waals surface area contributed by atoms with E-state index in [0.717, 1.165) is 54.9 Å². The van der Waals surface area contributed by atoms with E-state index >= 15 is 0 Å². The Labute approximate surface area is 142 Å². The van der Waals surface area contributed by atoms with E-state index in [2.05, 4.69) is 27.8 Å². The fraction of sp³-hybridized carbons (Fsp3) is 0.444. The third kappa shape index (κ3) is 6.50. The molecule has 124 valence electrons. The van der Waals surface area contributed by atoms with E-state index in [-0.39, 0.29) is 5.91 Å². The predicted octanol–water partition coefficient (Wildman–Crippen LogP) is 3.38. The fourth-order valence-corrected chi connectivity index (χ4v) is 3.20. The SMILES string of the molecule is NCCCCCCC(=O)NCCc1csc(-c2ccccc2)n1. The lowest BCUT2D eigenvalue weighted by atomic mass is 10.1. The Kier molecular flexibility index (Phi) is 7.77. The molecule has 0 saturated heterocycles. The topological polar surface area (TPSA) is 68.0 Å². The van der Waals surface area contributed by atoms with Crippen LogP contribution in [0.3, 0.4) is 0 Å². The maximum absolute atomic E-state index is 11.7. The van der Waals surface area contributed by atoms with Crippen LogP contribution in [0.25, 0.3) is 10.6 Å². The fourth-order valence-electron chi connectivity index (χ4n) is 2.34. The largest absolute Gasteiger partial charge is 0.356 e. The van der Waals surface area contributed by atoms with E-state index < -0.39 is 0 Å². The van der Waals surface area contributed by atoms with Gasteiger partial charge in [-0.05, 0) is 19.4 Å². The number of hydrogen-bond acceptors (Lipinski definition) is 4. The van der Waals surface area contributed by atoms with Crippen LogP contribution in [0.15, 0.2) is 35.7 Å². The summed E-state index contributed by atoms with van der Waals surface area (Å²) in [5.74, 6) is 0.135. The number of rotatable bonds is 10. The van der Waals surface area contributed by atoms with Gasteiger partial charge in [-0.3, -0.25) is 4.79 Å². The molecule has 5 heteroatoms. The van der Waals surface area contributed by atoms with Gasteiger partial charge in [-0.2, -0.15) is 0 Å². The van der Waals surface area contributed by atoms with Gasteiger partial charge in [-0.1, -0.05) is 43.2 Å². The molecule has 0 unspecified atom stereocenters. The number of aromatic nitrogens is 1. The van der Waals surface area contributed by atoms with Crippen LogP contribution in [-0.2, 0) is 11.2 Å². The molecule has 0 aliphatic carbocycles. The van der Waals surface area contributed by atoms with E-state index in [9.17, 15) is 4.79 Å². The highest BCUT2D eigenvalue weighted by molar-refractivity contribution is 7.13. The van der Waals surface area contributed by atoms with Gasteiger partial charge in [-0.15, -0.1) is 11.3 Å². The zero-order valence-corrected chi connectivity index (χ0v) is 14.3.